The largest absolute Gasteiger partial charge is 0.349 e. The summed E-state index contributed by atoms with van der Waals surface area (Å²) in [5, 5.41) is 9.41. The number of hydrogen-bond acceptors (Lipinski definition) is 5. The summed E-state index contributed by atoms with van der Waals surface area (Å²) in [5.74, 6) is 0.241. The van der Waals surface area contributed by atoms with Gasteiger partial charge >= 0.3 is 0 Å². The molecule has 0 aliphatic carbocycles. The first kappa shape index (κ1) is 18.9. The Kier molecular flexibility index (Phi) is 6.47. The fourth-order valence-corrected chi connectivity index (χ4v) is 2.28. The highest BCUT2D eigenvalue weighted by atomic mass is 16.1. The van der Waals surface area contributed by atoms with Crippen LogP contribution in [0.3, 0.4) is 0 Å². The van der Waals surface area contributed by atoms with Crippen LogP contribution in [0.5, 0.6) is 0 Å². The molecule has 1 aromatic heterocycles. The summed E-state index contributed by atoms with van der Waals surface area (Å²) in [6.45, 7) is 9.55. The van der Waals surface area contributed by atoms with Crippen molar-refractivity contribution in [1.29, 1.82) is 0 Å². The summed E-state index contributed by atoms with van der Waals surface area (Å²) in [6.07, 6.45) is 1.59. The van der Waals surface area contributed by atoms with Gasteiger partial charge in [-0.2, -0.15) is 0 Å². The first-order valence-electron chi connectivity index (χ1n) is 8.53. The number of hydrogen-bond donors (Lipinski definition) is 3. The molecule has 0 spiro atoms. The van der Waals surface area contributed by atoms with Gasteiger partial charge in [-0.15, -0.1) is 0 Å². The highest BCUT2D eigenvalue weighted by Gasteiger charge is 2.12. The zero-order valence-electron chi connectivity index (χ0n) is 15.3. The molecule has 2 rings (SSSR count). The van der Waals surface area contributed by atoms with Gasteiger partial charge in [0, 0.05) is 24.8 Å². The maximum atomic E-state index is 12.2. The lowest BCUT2D eigenvalue weighted by Crippen LogP contribution is -2.41. The molecule has 0 unspecified atom stereocenters. The zero-order valence-corrected chi connectivity index (χ0v) is 15.3. The molecular weight excluding hydrogens is 314 g/mol. The minimum atomic E-state index is -0.200. The number of rotatable bonds is 7. The quantitative estimate of drug-likeness (QED) is 0.675. The Hall–Kier alpha value is -2.47. The molecule has 0 saturated heterocycles. The molecule has 0 aliphatic heterocycles. The molecule has 1 aromatic carbocycles. The third kappa shape index (κ3) is 6.51. The van der Waals surface area contributed by atoms with Gasteiger partial charge < -0.3 is 16.0 Å². The Bertz CT molecular complexity index is 682. The van der Waals surface area contributed by atoms with Gasteiger partial charge in [-0.25, -0.2) is 9.97 Å². The van der Waals surface area contributed by atoms with Crippen molar-refractivity contribution < 1.29 is 4.79 Å². The van der Waals surface area contributed by atoms with Crippen LogP contribution in [0.4, 0.5) is 5.95 Å². The van der Waals surface area contributed by atoms with Crippen molar-refractivity contribution in [2.45, 2.75) is 39.3 Å². The lowest BCUT2D eigenvalue weighted by Gasteiger charge is -2.20. The Morgan fingerprint density at radius 1 is 1.12 bits per heavy atom. The number of aromatic nitrogens is 2. The number of carbonyl (C=O) groups excluding carboxylic acids is 1. The lowest BCUT2D eigenvalue weighted by atomic mass is 10.1. The summed E-state index contributed by atoms with van der Waals surface area (Å²) >= 11 is 0. The number of amides is 1. The Morgan fingerprint density at radius 3 is 2.52 bits per heavy atom. The zero-order chi connectivity index (χ0) is 18.3. The number of anilines is 1. The highest BCUT2D eigenvalue weighted by Crippen LogP contribution is 2.16. The molecule has 6 nitrogen and oxygen atoms in total. The first-order valence-corrected chi connectivity index (χ1v) is 8.53. The second kappa shape index (κ2) is 8.58. The van der Waals surface area contributed by atoms with Crippen LogP contribution in [-0.4, -0.2) is 34.5 Å². The summed E-state index contributed by atoms with van der Waals surface area (Å²) in [6, 6.07) is 11.7. The number of carbonyl (C=O) groups is 1. The van der Waals surface area contributed by atoms with Crippen LogP contribution in [0.25, 0.3) is 0 Å². The Labute approximate surface area is 149 Å². The fourth-order valence-electron chi connectivity index (χ4n) is 2.28. The van der Waals surface area contributed by atoms with Crippen LogP contribution in [0.2, 0.25) is 0 Å². The van der Waals surface area contributed by atoms with Crippen LogP contribution in [0, 0.1) is 0 Å². The molecule has 0 bridgehead atoms. The van der Waals surface area contributed by atoms with Gasteiger partial charge in [-0.3, -0.25) is 4.79 Å². The standard InChI is InChI=1S/C19H27N5O/c1-14(15-8-6-5-7-9-15)23-18-21-11-10-16(24-18)17(25)20-12-13-22-19(2,3)4/h5-11,14,22H,12-13H2,1-4H3,(H,20,25)(H,21,23,24)/t14-/m0/s1. The monoisotopic (exact) mass is 341 g/mol. The topological polar surface area (TPSA) is 78.9 Å². The van der Waals surface area contributed by atoms with Crippen LogP contribution in [0.15, 0.2) is 42.6 Å². The third-order valence-corrected chi connectivity index (χ3v) is 3.60. The van der Waals surface area contributed by atoms with E-state index in [1.54, 1.807) is 12.3 Å². The lowest BCUT2D eigenvalue weighted by molar-refractivity contribution is 0.0948. The molecule has 2 aromatic rings. The van der Waals surface area contributed by atoms with E-state index in [1.807, 2.05) is 37.3 Å². The molecule has 1 amide bonds. The van der Waals surface area contributed by atoms with Gasteiger partial charge in [0.1, 0.15) is 5.69 Å². The van der Waals surface area contributed by atoms with Gasteiger partial charge in [0.05, 0.1) is 6.04 Å². The molecule has 1 heterocycles. The molecule has 0 fully saturated rings. The van der Waals surface area contributed by atoms with E-state index >= 15 is 0 Å². The van der Waals surface area contributed by atoms with Gasteiger partial charge in [-0.05, 0) is 39.3 Å². The molecule has 134 valence electrons. The Balaban J connectivity index is 1.90. The van der Waals surface area contributed by atoms with E-state index in [9.17, 15) is 4.79 Å². The van der Waals surface area contributed by atoms with Crippen LogP contribution in [-0.2, 0) is 0 Å². The predicted octanol–water partition coefficient (Wildman–Crippen LogP) is 2.77. The molecular formula is C19H27N5O. The van der Waals surface area contributed by atoms with E-state index in [0.29, 0.717) is 24.7 Å². The average Bonchev–Trinajstić information content (AvgIpc) is 2.58. The first-order chi connectivity index (χ1) is 11.8. The van der Waals surface area contributed by atoms with Crippen molar-refractivity contribution in [2.75, 3.05) is 18.4 Å². The Morgan fingerprint density at radius 2 is 1.84 bits per heavy atom. The molecule has 0 radical (unpaired) electrons. The van der Waals surface area contributed by atoms with Gasteiger partial charge in [0.2, 0.25) is 5.95 Å². The van der Waals surface area contributed by atoms with Crippen molar-refractivity contribution in [2.24, 2.45) is 0 Å². The summed E-state index contributed by atoms with van der Waals surface area (Å²) in [4.78, 5) is 20.7. The molecule has 6 heteroatoms. The second-order valence-corrected chi connectivity index (χ2v) is 6.97. The predicted molar refractivity (Wildman–Crippen MR) is 101 cm³/mol. The molecule has 3 N–H and O–H groups in total. The second-order valence-electron chi connectivity index (χ2n) is 6.97. The number of benzene rings is 1. The molecule has 25 heavy (non-hydrogen) atoms. The van der Waals surface area contributed by atoms with Crippen molar-refractivity contribution in [3.63, 3.8) is 0 Å². The smallest absolute Gasteiger partial charge is 0.270 e. The summed E-state index contributed by atoms with van der Waals surface area (Å²) in [5.41, 5.74) is 1.52. The van der Waals surface area contributed by atoms with Crippen LogP contribution < -0.4 is 16.0 Å². The van der Waals surface area contributed by atoms with Crippen LogP contribution in [0.1, 0.15) is 49.8 Å². The van der Waals surface area contributed by atoms with Gasteiger partial charge in [0.25, 0.3) is 5.91 Å². The average molecular weight is 341 g/mol. The SMILES string of the molecule is C[C@H](Nc1nccc(C(=O)NCCNC(C)(C)C)n1)c1ccccc1. The van der Waals surface area contributed by atoms with E-state index < -0.39 is 0 Å². The van der Waals surface area contributed by atoms with Crippen molar-refractivity contribution in [3.8, 4) is 0 Å². The minimum Gasteiger partial charge on any atom is -0.349 e. The maximum absolute atomic E-state index is 12.2. The van der Waals surface area contributed by atoms with E-state index in [2.05, 4.69) is 46.7 Å². The molecule has 0 saturated carbocycles. The number of nitrogens with one attached hydrogen (secondary N) is 3. The summed E-state index contributed by atoms with van der Waals surface area (Å²) in [7, 11) is 0. The maximum Gasteiger partial charge on any atom is 0.270 e. The minimum absolute atomic E-state index is 0.0321. The van der Waals surface area contributed by atoms with E-state index in [0.717, 1.165) is 5.56 Å². The molecule has 1 atom stereocenters. The van der Waals surface area contributed by atoms with Crippen molar-refractivity contribution >= 4 is 11.9 Å². The highest BCUT2D eigenvalue weighted by molar-refractivity contribution is 5.92. The van der Waals surface area contributed by atoms with E-state index in [1.165, 1.54) is 0 Å². The van der Waals surface area contributed by atoms with Gasteiger partial charge in [0.15, 0.2) is 0 Å². The number of nitrogens with zero attached hydrogens (tertiary/aromatic N) is 2. The van der Waals surface area contributed by atoms with E-state index in [4.69, 9.17) is 0 Å². The normalized spacial score (nSPS) is 12.5. The molecule has 0 aliphatic rings. The third-order valence-electron chi connectivity index (χ3n) is 3.60. The van der Waals surface area contributed by atoms with Gasteiger partial charge in [-0.1, -0.05) is 30.3 Å². The van der Waals surface area contributed by atoms with Crippen molar-refractivity contribution in [3.05, 3.63) is 53.9 Å². The van der Waals surface area contributed by atoms with E-state index in [-0.39, 0.29) is 17.5 Å². The fraction of sp³-hybridized carbons (Fsp3) is 0.421. The van der Waals surface area contributed by atoms with Crippen molar-refractivity contribution in [1.82, 2.24) is 20.6 Å². The van der Waals surface area contributed by atoms with Crippen LogP contribution >= 0.6 is 0 Å². The summed E-state index contributed by atoms with van der Waals surface area (Å²) < 4.78 is 0.